The fraction of sp³-hybridized carbons (Fsp3) is 0.610. The maximum absolute atomic E-state index is 11.6. The first-order valence-electron chi connectivity index (χ1n) is 53.2. The molecule has 4 saturated heterocycles. The molecule has 144 heavy (non-hydrogen) atoms. The van der Waals surface area contributed by atoms with Crippen molar-refractivity contribution in [2.45, 2.75) is 393 Å². The Bertz CT molecular complexity index is 4220. The van der Waals surface area contributed by atoms with Crippen LogP contribution < -0.4 is 0 Å². The van der Waals surface area contributed by atoms with Crippen LogP contribution in [0.5, 0.6) is 0 Å². The number of rotatable bonds is 56. The molecule has 0 bridgehead atoms. The average Bonchev–Trinajstić information content (AvgIpc) is 0.783. The van der Waals surface area contributed by atoms with Gasteiger partial charge in [0.05, 0.1) is 62.6 Å². The third kappa shape index (κ3) is 65.3. The second kappa shape index (κ2) is 88.1. The number of benzene rings is 2. The molecule has 6 N–H and O–H groups in total. The number of esters is 6. The van der Waals surface area contributed by atoms with Crippen molar-refractivity contribution < 1.29 is 126 Å². The molecule has 26 nitrogen and oxygen atoms in total. The number of aliphatic hydroxyl groups is 2. The van der Waals surface area contributed by atoms with E-state index in [-0.39, 0.29) is 115 Å². The van der Waals surface area contributed by atoms with Gasteiger partial charge in [-0.05, 0) is 209 Å². The number of carbonyl (C=O) groups is 10. The number of carboxylic acid groups (broad SMARTS) is 4. The Kier molecular flexibility index (Phi) is 80.6. The van der Waals surface area contributed by atoms with Crippen LogP contribution in [0.1, 0.15) is 368 Å². The number of cyclic esters (lactones) is 3. The summed E-state index contributed by atoms with van der Waals surface area (Å²) in [5.41, 5.74) is 5.24. The van der Waals surface area contributed by atoms with Crippen LogP contribution in [0.4, 0.5) is 0 Å². The van der Waals surface area contributed by atoms with E-state index in [9.17, 15) is 63.3 Å². The monoisotopic (exact) mass is 2010 g/mol. The first kappa shape index (κ1) is 132. The van der Waals surface area contributed by atoms with Crippen molar-refractivity contribution in [1.82, 2.24) is 0 Å². The first-order valence-corrected chi connectivity index (χ1v) is 53.2. The zero-order chi connectivity index (χ0) is 106. The molecule has 4 heterocycles. The maximum atomic E-state index is 11.6. The molecular formula is C118H180O26. The summed E-state index contributed by atoms with van der Waals surface area (Å²) in [4.78, 5) is 111. The van der Waals surface area contributed by atoms with Gasteiger partial charge in [0.1, 0.15) is 49.8 Å². The summed E-state index contributed by atoms with van der Waals surface area (Å²) in [6.45, 7) is 17.8. The van der Waals surface area contributed by atoms with Crippen molar-refractivity contribution in [2.75, 3.05) is 55.2 Å². The number of fused-ring (bicyclic) bond motifs is 1. The van der Waals surface area contributed by atoms with Gasteiger partial charge < -0.3 is 78.0 Å². The van der Waals surface area contributed by atoms with E-state index in [0.717, 1.165) is 267 Å². The molecule has 4 aliphatic heterocycles. The Labute approximate surface area is 861 Å². The second-order valence-corrected chi connectivity index (χ2v) is 36.8. The molecule has 2 aromatic rings. The largest absolute Gasteiger partial charge is 0.478 e. The van der Waals surface area contributed by atoms with Crippen LogP contribution in [0.3, 0.4) is 0 Å². The van der Waals surface area contributed by atoms with Gasteiger partial charge in [0.25, 0.3) is 0 Å². The molecule has 26 heteroatoms. The van der Waals surface area contributed by atoms with Crippen LogP contribution in [-0.4, -0.2) is 182 Å². The molecule has 1 unspecified atom stereocenters. The van der Waals surface area contributed by atoms with Crippen molar-refractivity contribution in [2.24, 2.45) is 17.8 Å². The molecule has 2 aliphatic carbocycles. The minimum Gasteiger partial charge on any atom is -0.478 e. The molecule has 808 valence electrons. The first-order chi connectivity index (χ1) is 69.6. The smallest absolute Gasteiger partial charge is 0.336 e. The molecule has 4 fully saturated rings. The van der Waals surface area contributed by atoms with E-state index in [1.165, 1.54) is 20.6 Å². The van der Waals surface area contributed by atoms with E-state index in [4.69, 9.17) is 53.2 Å². The highest BCUT2D eigenvalue weighted by Gasteiger charge is 2.44. The summed E-state index contributed by atoms with van der Waals surface area (Å²) < 4.78 is 49.8. The number of unbranched alkanes of at least 4 members (excludes halogenated alkanes) is 17. The number of allylic oxidation sites excluding steroid dienone is 14. The Balaban J connectivity index is 0.000000824. The van der Waals surface area contributed by atoms with Gasteiger partial charge in [-0.3, -0.25) is 28.8 Å². The summed E-state index contributed by atoms with van der Waals surface area (Å²) in [5, 5.41) is 55.8. The zero-order valence-electron chi connectivity index (χ0n) is 89.1. The SMILES string of the molecule is CCCC(=CCCCCCCCC(=O)OC)C(=O)O.CCCC/C=C/C(=CC[C@@H](O)CCCCC)C(=O)O.CCCC/C=C/[C@@H]1C(=O)O[C@H]1C[C@@H](O)CCCCC.CCC[C@@H]1C(=O)O[C@H]1CCCCCCCC(=O)OC.COCOC/C(C)=C/[C@@H]1OC(=O)[C@@H]1c1ccccc1.COCOCC(C)=CC=C(C(=O)O)c1ccccc1.O=C(O)/C1=C/CC/C=C\CC/C=C\CC1.O=C1OC2CC/C=C\CC/C=C\CC[C@H]12. The highest BCUT2D eigenvalue weighted by molar-refractivity contribution is 6.15. The number of carbonyl (C=O) groups excluding carboxylic acids is 6. The van der Waals surface area contributed by atoms with E-state index in [1.807, 2.05) is 99.7 Å². The Morgan fingerprint density at radius 2 is 0.986 bits per heavy atom. The fourth-order valence-electron chi connectivity index (χ4n) is 15.8. The Morgan fingerprint density at radius 1 is 0.458 bits per heavy atom. The van der Waals surface area contributed by atoms with Crippen molar-refractivity contribution >= 4 is 65.3 Å². The van der Waals surface area contributed by atoms with Crippen molar-refractivity contribution in [3.8, 4) is 0 Å². The quantitative estimate of drug-likeness (QED) is 0.00681. The van der Waals surface area contributed by atoms with E-state index in [1.54, 1.807) is 50.7 Å². The molecule has 0 spiro atoms. The number of aliphatic carboxylic acids is 4. The molecular weight excluding hydrogens is 1830 g/mol. The number of aliphatic hydroxyl groups excluding tert-OH is 2. The third-order valence-electron chi connectivity index (χ3n) is 24.3. The standard InChI is InChI=1S/2C16H28O3.2C15H18O4.2C15H26O4.2C13H18O2/c1-3-5-7-9-11-14-15(19-16(14)18)12-13(17)10-8-6-4-2;1-3-5-7-9-10-14(16(18)19)12-13-15(17)11-8-6-4-2;1-11(9-18-10-17-2)8-13-14(15(16)19-13)12-6-4-3-5-7-12;1-12(10-19-11-18-2)8-9-14(15(16)17)13-6-4-3-5-7-13;1-3-9-12-13(19-15(12)17)10-7-5-4-6-8-11-14(16)18-2;1-3-10-13(15(17)18)11-8-6-4-5-7-9-12-14(16)19-2;14-13-11-9-7-5-3-1-2-4-6-8-10-12(11)15-13;14-13(15)12-10-8-6-4-2-1-3-5-7-9-11-12/h9,11,13-15,17H,3-8,10,12H2,1-2H3;9-10,12,15,17H,3-8,11,13H2,1-2H3,(H,18,19);3-8,13-14H,9-10H2,1-2H3;3-9H,10-11H2,1-2H3,(H,16,17);12-13H,3-11H2,1-2H3;11H,3-10,12H2,1-2H3,(H,17,18);3-6,11-12H,1-2,7-10H2;2,4-5,7,10H,1,3,6,8-9,11H2,(H,14,15)/b11-9+;10-9+,14-12?;11-8+;;;;5-3-,6-4-;4-2-,7-5-,12-10+/t13-,14-,15-;15-;13-,14+;;12-,13-;;11-,12?;/m000.0.0./s1. The molecule has 0 saturated carbocycles. The van der Waals surface area contributed by atoms with Gasteiger partial charge in [-0.25, -0.2) is 19.2 Å². The third-order valence-corrected chi connectivity index (χ3v) is 24.3. The minimum atomic E-state index is -0.951. The van der Waals surface area contributed by atoms with Gasteiger partial charge in [0.2, 0.25) is 0 Å². The fourth-order valence-corrected chi connectivity index (χ4v) is 15.8. The minimum absolute atomic E-state index is 0.00874. The lowest BCUT2D eigenvalue weighted by Crippen LogP contribution is -2.45. The summed E-state index contributed by atoms with van der Waals surface area (Å²) in [6, 6.07) is 18.7. The number of hydrogen-bond acceptors (Lipinski definition) is 22. The highest BCUT2D eigenvalue weighted by atomic mass is 16.7. The normalized spacial score (nSPS) is 20.6. The number of hydrogen-bond donors (Lipinski definition) is 6. The van der Waals surface area contributed by atoms with Crippen LogP contribution in [0.15, 0.2) is 198 Å². The second-order valence-electron chi connectivity index (χ2n) is 36.8. The highest BCUT2D eigenvalue weighted by Crippen LogP contribution is 2.36. The Morgan fingerprint density at radius 3 is 1.51 bits per heavy atom. The van der Waals surface area contributed by atoms with Crippen LogP contribution in [0.2, 0.25) is 0 Å². The van der Waals surface area contributed by atoms with Crippen molar-refractivity contribution in [3.05, 3.63) is 209 Å². The molecule has 0 radical (unpaired) electrons. The van der Waals surface area contributed by atoms with E-state index in [2.05, 4.69) is 98.8 Å². The maximum Gasteiger partial charge on any atom is 0.336 e. The zero-order valence-corrected chi connectivity index (χ0v) is 89.1. The van der Waals surface area contributed by atoms with E-state index < -0.39 is 30.0 Å². The van der Waals surface area contributed by atoms with Gasteiger partial charge in [-0.1, -0.05) is 315 Å². The average molecular weight is 2010 g/mol. The molecule has 2 aromatic carbocycles. The lowest BCUT2D eigenvalue weighted by atomic mass is 9.88. The molecule has 0 aromatic heterocycles. The van der Waals surface area contributed by atoms with E-state index in [0.29, 0.717) is 68.4 Å². The van der Waals surface area contributed by atoms with Gasteiger partial charge in [0.15, 0.2) is 0 Å². The molecule has 0 amide bonds. The molecule has 10 atom stereocenters. The van der Waals surface area contributed by atoms with Crippen LogP contribution in [-0.2, 0) is 95.3 Å². The topological polar surface area (TPSA) is 384 Å². The summed E-state index contributed by atoms with van der Waals surface area (Å²) in [7, 11) is 5.97. The summed E-state index contributed by atoms with van der Waals surface area (Å²) in [5.74, 6) is -4.01. The lowest BCUT2D eigenvalue weighted by molar-refractivity contribution is -0.186. The van der Waals surface area contributed by atoms with Crippen molar-refractivity contribution in [1.29, 1.82) is 0 Å². The van der Waals surface area contributed by atoms with Crippen LogP contribution in [0.25, 0.3) is 5.57 Å². The van der Waals surface area contributed by atoms with Gasteiger partial charge in [0, 0.05) is 44.6 Å². The van der Waals surface area contributed by atoms with Crippen LogP contribution >= 0.6 is 0 Å². The van der Waals surface area contributed by atoms with Gasteiger partial charge in [-0.15, -0.1) is 0 Å². The molecule has 8 rings (SSSR count). The summed E-state index contributed by atoms with van der Waals surface area (Å²) in [6.07, 6.45) is 78.9. The van der Waals surface area contributed by atoms with E-state index >= 15 is 0 Å². The Hall–Kier alpha value is -10.2. The van der Waals surface area contributed by atoms with Crippen LogP contribution in [0, 0.1) is 17.8 Å². The lowest BCUT2D eigenvalue weighted by Gasteiger charge is -2.35. The van der Waals surface area contributed by atoms with Gasteiger partial charge >= 0.3 is 59.7 Å². The van der Waals surface area contributed by atoms with Gasteiger partial charge in [-0.2, -0.15) is 0 Å². The number of ether oxygens (including phenoxy) is 10. The molecule has 6 aliphatic rings. The van der Waals surface area contributed by atoms with Crippen molar-refractivity contribution in [3.63, 3.8) is 0 Å². The predicted molar refractivity (Wildman–Crippen MR) is 569 cm³/mol. The number of carboxylic acids is 4. The number of methoxy groups -OCH3 is 4. The predicted octanol–water partition coefficient (Wildman–Crippen LogP) is 26.1. The summed E-state index contributed by atoms with van der Waals surface area (Å²) >= 11 is 0.